The summed E-state index contributed by atoms with van der Waals surface area (Å²) in [7, 11) is 0. The molecule has 2 atom stereocenters. The van der Waals surface area contributed by atoms with Crippen molar-refractivity contribution in [3.63, 3.8) is 0 Å². The van der Waals surface area contributed by atoms with E-state index in [0.717, 1.165) is 6.42 Å². The number of rotatable bonds is 5. The lowest BCUT2D eigenvalue weighted by Crippen LogP contribution is -2.48. The van der Waals surface area contributed by atoms with Gasteiger partial charge in [-0.25, -0.2) is 9.59 Å². The van der Waals surface area contributed by atoms with Gasteiger partial charge in [-0.15, -0.1) is 0 Å². The van der Waals surface area contributed by atoms with Crippen LogP contribution in [-0.4, -0.2) is 47.0 Å². The molecule has 0 aromatic heterocycles. The van der Waals surface area contributed by atoms with Crippen LogP contribution >= 0.6 is 0 Å². The van der Waals surface area contributed by atoms with Crippen LogP contribution in [0.25, 0.3) is 0 Å². The highest BCUT2D eigenvalue weighted by atomic mass is 16.4. The first-order valence-electron chi connectivity index (χ1n) is 6.37. The summed E-state index contributed by atoms with van der Waals surface area (Å²) in [4.78, 5) is 35.2. The van der Waals surface area contributed by atoms with Crippen molar-refractivity contribution in [1.82, 2.24) is 10.2 Å². The molecule has 1 heterocycles. The third-order valence-electron chi connectivity index (χ3n) is 3.46. The highest BCUT2D eigenvalue weighted by molar-refractivity contribution is 5.87. The fourth-order valence-electron chi connectivity index (χ4n) is 2.16. The number of hydrogen-bond donors (Lipinski definition) is 3. The smallest absolute Gasteiger partial charge is 0.326 e. The fraction of sp³-hybridized carbons (Fsp3) is 0.750. The molecule has 1 rings (SSSR count). The zero-order valence-corrected chi connectivity index (χ0v) is 11.3. The molecule has 108 valence electrons. The van der Waals surface area contributed by atoms with Gasteiger partial charge in [-0.05, 0) is 18.3 Å². The molecule has 1 unspecified atom stereocenters. The summed E-state index contributed by atoms with van der Waals surface area (Å²) in [5, 5.41) is 11.2. The molecular weight excluding hydrogens is 250 g/mol. The minimum absolute atomic E-state index is 0.400. The van der Waals surface area contributed by atoms with Crippen LogP contribution in [0.5, 0.6) is 0 Å². The molecule has 1 aliphatic heterocycles. The van der Waals surface area contributed by atoms with Gasteiger partial charge >= 0.3 is 12.0 Å². The van der Waals surface area contributed by atoms with Gasteiger partial charge in [-0.3, -0.25) is 4.79 Å². The number of nitrogens with one attached hydrogen (secondary N) is 1. The molecule has 0 bridgehead atoms. The van der Waals surface area contributed by atoms with E-state index in [2.05, 4.69) is 19.2 Å². The summed E-state index contributed by atoms with van der Waals surface area (Å²) in [5.74, 6) is -1.09. The Morgan fingerprint density at radius 2 is 2.05 bits per heavy atom. The molecule has 1 fully saturated rings. The Hall–Kier alpha value is -1.79. The van der Waals surface area contributed by atoms with Crippen LogP contribution in [0.1, 0.15) is 26.7 Å². The topological polar surface area (TPSA) is 113 Å². The maximum absolute atomic E-state index is 11.9. The molecule has 0 aromatic carbocycles. The van der Waals surface area contributed by atoms with Gasteiger partial charge in [0.2, 0.25) is 5.91 Å². The SMILES string of the molecule is CC(C)C1CCN(C(=O)N[C@@H](CC(N)=O)C(=O)O)C1. The van der Waals surface area contributed by atoms with E-state index >= 15 is 0 Å². The second-order valence-corrected chi connectivity index (χ2v) is 5.25. The Morgan fingerprint density at radius 3 is 2.47 bits per heavy atom. The number of nitrogens with two attached hydrogens (primary N) is 1. The summed E-state index contributed by atoms with van der Waals surface area (Å²) in [6.07, 6.45) is 0.515. The van der Waals surface area contributed by atoms with Crippen LogP contribution in [0.4, 0.5) is 4.79 Å². The number of primary amides is 1. The zero-order valence-electron chi connectivity index (χ0n) is 11.3. The number of amides is 3. The molecule has 1 saturated heterocycles. The Kier molecular flexibility index (Phi) is 5.14. The standard InChI is InChI=1S/C12H21N3O4/c1-7(2)8-3-4-15(6-8)12(19)14-9(11(17)18)5-10(13)16/h7-9H,3-6H2,1-2H3,(H2,13,16)(H,14,19)(H,17,18)/t8?,9-/m0/s1. The predicted molar refractivity (Wildman–Crippen MR) is 68.3 cm³/mol. The van der Waals surface area contributed by atoms with E-state index in [0.29, 0.717) is 24.9 Å². The van der Waals surface area contributed by atoms with Crippen LogP contribution in [0.2, 0.25) is 0 Å². The first-order chi connectivity index (χ1) is 8.81. The van der Waals surface area contributed by atoms with E-state index in [-0.39, 0.29) is 0 Å². The van der Waals surface area contributed by atoms with Crippen molar-refractivity contribution in [2.45, 2.75) is 32.7 Å². The van der Waals surface area contributed by atoms with Crippen molar-refractivity contribution in [2.24, 2.45) is 17.6 Å². The van der Waals surface area contributed by atoms with E-state index in [1.165, 1.54) is 0 Å². The van der Waals surface area contributed by atoms with Crippen LogP contribution < -0.4 is 11.1 Å². The van der Waals surface area contributed by atoms with E-state index in [9.17, 15) is 14.4 Å². The van der Waals surface area contributed by atoms with E-state index in [4.69, 9.17) is 10.8 Å². The monoisotopic (exact) mass is 271 g/mol. The Morgan fingerprint density at radius 1 is 1.42 bits per heavy atom. The lowest BCUT2D eigenvalue weighted by molar-refractivity contribution is -0.140. The quantitative estimate of drug-likeness (QED) is 0.653. The van der Waals surface area contributed by atoms with Gasteiger partial charge in [0.25, 0.3) is 0 Å². The second-order valence-electron chi connectivity index (χ2n) is 5.25. The molecule has 0 aliphatic carbocycles. The molecule has 0 spiro atoms. The average molecular weight is 271 g/mol. The van der Waals surface area contributed by atoms with Crippen molar-refractivity contribution >= 4 is 17.9 Å². The predicted octanol–water partition coefficient (Wildman–Crippen LogP) is 0.00250. The van der Waals surface area contributed by atoms with Crippen LogP contribution in [0.15, 0.2) is 0 Å². The summed E-state index contributed by atoms with van der Waals surface area (Å²) in [5.41, 5.74) is 4.95. The van der Waals surface area contributed by atoms with Crippen LogP contribution in [0, 0.1) is 11.8 Å². The molecule has 3 amide bonds. The number of carbonyl (C=O) groups is 3. The van der Waals surface area contributed by atoms with Gasteiger partial charge in [-0.2, -0.15) is 0 Å². The number of aliphatic carboxylic acids is 1. The van der Waals surface area contributed by atoms with Crippen molar-refractivity contribution in [3.05, 3.63) is 0 Å². The molecule has 0 saturated carbocycles. The minimum atomic E-state index is -1.26. The number of likely N-dealkylation sites (tertiary alicyclic amines) is 1. The van der Waals surface area contributed by atoms with Crippen molar-refractivity contribution < 1.29 is 19.5 Å². The van der Waals surface area contributed by atoms with Crippen LogP contribution in [-0.2, 0) is 9.59 Å². The number of nitrogens with zero attached hydrogens (tertiary/aromatic N) is 1. The number of carbonyl (C=O) groups excluding carboxylic acids is 2. The largest absolute Gasteiger partial charge is 0.480 e. The Labute approximate surface area is 112 Å². The van der Waals surface area contributed by atoms with Crippen LogP contribution in [0.3, 0.4) is 0 Å². The highest BCUT2D eigenvalue weighted by Gasteiger charge is 2.30. The molecule has 19 heavy (non-hydrogen) atoms. The third kappa shape index (κ3) is 4.42. The molecule has 4 N–H and O–H groups in total. The summed E-state index contributed by atoms with van der Waals surface area (Å²) in [6.45, 7) is 5.42. The minimum Gasteiger partial charge on any atom is -0.480 e. The van der Waals surface area contributed by atoms with Crippen molar-refractivity contribution in [2.75, 3.05) is 13.1 Å². The summed E-state index contributed by atoms with van der Waals surface area (Å²) >= 11 is 0. The third-order valence-corrected chi connectivity index (χ3v) is 3.46. The fourth-order valence-corrected chi connectivity index (χ4v) is 2.16. The molecule has 7 nitrogen and oxygen atoms in total. The lowest BCUT2D eigenvalue weighted by atomic mass is 9.95. The number of hydrogen-bond acceptors (Lipinski definition) is 3. The first kappa shape index (κ1) is 15.3. The maximum Gasteiger partial charge on any atom is 0.326 e. The van der Waals surface area contributed by atoms with Gasteiger partial charge in [-0.1, -0.05) is 13.8 Å². The Balaban J connectivity index is 2.54. The molecule has 1 aliphatic rings. The van der Waals surface area contributed by atoms with Crippen molar-refractivity contribution in [3.8, 4) is 0 Å². The molecule has 0 radical (unpaired) electrons. The van der Waals surface area contributed by atoms with Gasteiger partial charge in [0.05, 0.1) is 6.42 Å². The first-order valence-corrected chi connectivity index (χ1v) is 6.37. The van der Waals surface area contributed by atoms with E-state index < -0.39 is 30.4 Å². The Bertz CT molecular complexity index is 370. The van der Waals surface area contributed by atoms with Crippen molar-refractivity contribution in [1.29, 1.82) is 0 Å². The molecule has 7 heteroatoms. The van der Waals surface area contributed by atoms with Gasteiger partial charge in [0.1, 0.15) is 6.04 Å². The maximum atomic E-state index is 11.9. The number of carboxylic acid groups (broad SMARTS) is 1. The van der Waals surface area contributed by atoms with E-state index in [1.54, 1.807) is 4.90 Å². The normalized spacial score (nSPS) is 20.4. The second kappa shape index (κ2) is 6.40. The highest BCUT2D eigenvalue weighted by Crippen LogP contribution is 2.23. The van der Waals surface area contributed by atoms with Gasteiger partial charge < -0.3 is 21.1 Å². The van der Waals surface area contributed by atoms with E-state index in [1.807, 2.05) is 0 Å². The lowest BCUT2D eigenvalue weighted by Gasteiger charge is -2.21. The van der Waals surface area contributed by atoms with Gasteiger partial charge in [0, 0.05) is 13.1 Å². The number of urea groups is 1. The summed E-state index contributed by atoms with van der Waals surface area (Å²) < 4.78 is 0. The zero-order chi connectivity index (χ0) is 14.6. The molecular formula is C12H21N3O4. The van der Waals surface area contributed by atoms with Gasteiger partial charge in [0.15, 0.2) is 0 Å². The number of carboxylic acids is 1. The molecule has 0 aromatic rings. The summed E-state index contributed by atoms with van der Waals surface area (Å²) in [6, 6.07) is -1.71. The average Bonchev–Trinajstić information content (AvgIpc) is 2.76.